The van der Waals surface area contributed by atoms with Crippen molar-refractivity contribution in [2.75, 3.05) is 31.9 Å². The number of piperazine rings is 1. The van der Waals surface area contributed by atoms with Gasteiger partial charge in [-0.05, 0) is 10.4 Å². The Labute approximate surface area is 97.6 Å². The van der Waals surface area contributed by atoms with Crippen LogP contribution in [0, 0.1) is 0 Å². The summed E-state index contributed by atoms with van der Waals surface area (Å²) in [6, 6.07) is 0. The SMILES string of the molecule is Cn1nnnc1SCC(=O)N1CCNCC1. The van der Waals surface area contributed by atoms with Crippen LogP contribution in [0.1, 0.15) is 0 Å². The zero-order valence-corrected chi connectivity index (χ0v) is 9.90. The molecule has 2 rings (SSSR count). The van der Waals surface area contributed by atoms with Crippen LogP contribution in [0.5, 0.6) is 0 Å². The Balaban J connectivity index is 1.81. The minimum absolute atomic E-state index is 0.148. The number of nitrogens with one attached hydrogen (secondary N) is 1. The van der Waals surface area contributed by atoms with Gasteiger partial charge in [-0.3, -0.25) is 4.79 Å². The average molecular weight is 242 g/mol. The predicted octanol–water partition coefficient (Wildman–Crippen LogP) is -1.27. The van der Waals surface area contributed by atoms with Crippen LogP contribution in [0.4, 0.5) is 0 Å². The lowest BCUT2D eigenvalue weighted by atomic mass is 10.3. The molecule has 0 aliphatic carbocycles. The van der Waals surface area contributed by atoms with Crippen LogP contribution in [0.2, 0.25) is 0 Å². The van der Waals surface area contributed by atoms with Crippen molar-refractivity contribution >= 4 is 17.7 Å². The van der Waals surface area contributed by atoms with E-state index in [1.54, 1.807) is 11.7 Å². The van der Waals surface area contributed by atoms with E-state index in [4.69, 9.17) is 0 Å². The van der Waals surface area contributed by atoms with Gasteiger partial charge in [0.25, 0.3) is 0 Å². The first kappa shape index (κ1) is 11.3. The van der Waals surface area contributed by atoms with Crippen LogP contribution >= 0.6 is 11.8 Å². The number of aryl methyl sites for hydroxylation is 1. The highest BCUT2D eigenvalue weighted by Gasteiger charge is 2.17. The van der Waals surface area contributed by atoms with Crippen molar-refractivity contribution in [3.63, 3.8) is 0 Å². The summed E-state index contributed by atoms with van der Waals surface area (Å²) in [5.74, 6) is 0.545. The Morgan fingerprint density at radius 3 is 2.88 bits per heavy atom. The van der Waals surface area contributed by atoms with Gasteiger partial charge in [0.1, 0.15) is 0 Å². The highest BCUT2D eigenvalue weighted by molar-refractivity contribution is 7.99. The monoisotopic (exact) mass is 242 g/mol. The maximum absolute atomic E-state index is 11.8. The van der Waals surface area contributed by atoms with Crippen LogP contribution in [-0.2, 0) is 11.8 Å². The number of aromatic nitrogens is 4. The first-order valence-electron chi connectivity index (χ1n) is 5.11. The smallest absolute Gasteiger partial charge is 0.233 e. The zero-order chi connectivity index (χ0) is 11.4. The second-order valence-corrected chi connectivity index (χ2v) is 4.45. The first-order valence-corrected chi connectivity index (χ1v) is 6.09. The van der Waals surface area contributed by atoms with Gasteiger partial charge in [-0.2, -0.15) is 0 Å². The van der Waals surface area contributed by atoms with Crippen molar-refractivity contribution in [3.8, 4) is 0 Å². The Morgan fingerprint density at radius 2 is 2.25 bits per heavy atom. The lowest BCUT2D eigenvalue weighted by Crippen LogP contribution is -2.47. The maximum Gasteiger partial charge on any atom is 0.233 e. The Hall–Kier alpha value is -1.15. The Bertz CT molecular complexity index is 361. The van der Waals surface area contributed by atoms with E-state index in [0.29, 0.717) is 10.9 Å². The first-order chi connectivity index (χ1) is 7.77. The number of carbonyl (C=O) groups excluding carboxylic acids is 1. The second kappa shape index (κ2) is 5.26. The molecule has 7 nitrogen and oxygen atoms in total. The number of rotatable bonds is 3. The molecule has 1 amide bonds. The zero-order valence-electron chi connectivity index (χ0n) is 9.09. The van der Waals surface area contributed by atoms with E-state index in [9.17, 15) is 4.79 Å². The van der Waals surface area contributed by atoms with E-state index in [1.165, 1.54) is 11.8 Å². The average Bonchev–Trinajstić information content (AvgIpc) is 2.73. The van der Waals surface area contributed by atoms with Gasteiger partial charge in [0, 0.05) is 33.2 Å². The summed E-state index contributed by atoms with van der Waals surface area (Å²) in [5.41, 5.74) is 0. The van der Waals surface area contributed by atoms with Crippen molar-refractivity contribution in [3.05, 3.63) is 0 Å². The van der Waals surface area contributed by atoms with Gasteiger partial charge in [-0.25, -0.2) is 4.68 Å². The van der Waals surface area contributed by atoms with Gasteiger partial charge < -0.3 is 10.2 Å². The molecule has 1 aliphatic heterocycles. The van der Waals surface area contributed by atoms with E-state index >= 15 is 0 Å². The molecule has 1 aliphatic rings. The summed E-state index contributed by atoms with van der Waals surface area (Å²) in [6.45, 7) is 3.33. The standard InChI is InChI=1S/C8H14N6OS/c1-13-8(10-11-12-13)16-6-7(15)14-4-2-9-3-5-14/h9H,2-6H2,1H3. The molecule has 88 valence electrons. The summed E-state index contributed by atoms with van der Waals surface area (Å²) < 4.78 is 1.57. The number of carbonyl (C=O) groups is 1. The van der Waals surface area contributed by atoms with Gasteiger partial charge >= 0.3 is 0 Å². The highest BCUT2D eigenvalue weighted by atomic mass is 32.2. The largest absolute Gasteiger partial charge is 0.339 e. The van der Waals surface area contributed by atoms with Crippen molar-refractivity contribution < 1.29 is 4.79 Å². The Kier molecular flexibility index (Phi) is 3.73. The molecule has 16 heavy (non-hydrogen) atoms. The topological polar surface area (TPSA) is 75.9 Å². The van der Waals surface area contributed by atoms with Crippen molar-refractivity contribution in [1.82, 2.24) is 30.4 Å². The van der Waals surface area contributed by atoms with Crippen molar-refractivity contribution in [2.24, 2.45) is 7.05 Å². The molecule has 1 saturated heterocycles. The van der Waals surface area contributed by atoms with Gasteiger partial charge in [-0.15, -0.1) is 5.10 Å². The number of thioether (sulfide) groups is 1. The fourth-order valence-electron chi connectivity index (χ4n) is 1.48. The summed E-state index contributed by atoms with van der Waals surface area (Å²) in [6.07, 6.45) is 0. The minimum Gasteiger partial charge on any atom is -0.339 e. The van der Waals surface area contributed by atoms with Crippen LogP contribution in [0.15, 0.2) is 5.16 Å². The molecule has 0 aromatic carbocycles. The van der Waals surface area contributed by atoms with Crippen LogP contribution < -0.4 is 5.32 Å². The molecule has 0 unspecified atom stereocenters. The van der Waals surface area contributed by atoms with Crippen LogP contribution in [-0.4, -0.2) is 62.9 Å². The molecule has 0 radical (unpaired) electrons. The molecule has 0 bridgehead atoms. The molecule has 0 spiro atoms. The number of hydrogen-bond donors (Lipinski definition) is 1. The molecule has 0 atom stereocenters. The third-order valence-electron chi connectivity index (χ3n) is 2.38. The lowest BCUT2D eigenvalue weighted by Gasteiger charge is -2.27. The van der Waals surface area contributed by atoms with Crippen LogP contribution in [0.25, 0.3) is 0 Å². The maximum atomic E-state index is 11.8. The molecule has 1 N–H and O–H groups in total. The lowest BCUT2D eigenvalue weighted by molar-refractivity contribution is -0.128. The van der Waals surface area contributed by atoms with E-state index in [-0.39, 0.29) is 5.91 Å². The van der Waals surface area contributed by atoms with Crippen molar-refractivity contribution in [2.45, 2.75) is 5.16 Å². The third kappa shape index (κ3) is 2.70. The number of amides is 1. The van der Waals surface area contributed by atoms with E-state index in [2.05, 4.69) is 20.8 Å². The molecule has 1 aromatic rings. The molecule has 1 fully saturated rings. The van der Waals surface area contributed by atoms with Gasteiger partial charge in [0.05, 0.1) is 5.75 Å². The van der Waals surface area contributed by atoms with Crippen molar-refractivity contribution in [1.29, 1.82) is 0 Å². The van der Waals surface area contributed by atoms with Gasteiger partial charge in [-0.1, -0.05) is 11.8 Å². The quantitative estimate of drug-likeness (QED) is 0.666. The second-order valence-electron chi connectivity index (χ2n) is 3.50. The normalized spacial score (nSPS) is 16.4. The predicted molar refractivity (Wildman–Crippen MR) is 59.0 cm³/mol. The molecular formula is C8H14N6OS. The molecule has 8 heteroatoms. The fraction of sp³-hybridized carbons (Fsp3) is 0.750. The Morgan fingerprint density at radius 1 is 1.50 bits per heavy atom. The molecular weight excluding hydrogens is 228 g/mol. The summed E-state index contributed by atoms with van der Waals surface area (Å²) in [7, 11) is 1.76. The molecule has 2 heterocycles. The number of tetrazole rings is 1. The van der Waals surface area contributed by atoms with Crippen LogP contribution in [0.3, 0.4) is 0 Å². The fourth-order valence-corrected chi connectivity index (χ4v) is 2.23. The summed E-state index contributed by atoms with van der Waals surface area (Å²) in [4.78, 5) is 13.7. The minimum atomic E-state index is 0.148. The molecule has 0 saturated carbocycles. The van der Waals surface area contributed by atoms with E-state index < -0.39 is 0 Å². The summed E-state index contributed by atoms with van der Waals surface area (Å²) in [5, 5.41) is 14.9. The van der Waals surface area contributed by atoms with Gasteiger partial charge in [0.2, 0.25) is 11.1 Å². The number of hydrogen-bond acceptors (Lipinski definition) is 6. The highest BCUT2D eigenvalue weighted by Crippen LogP contribution is 2.13. The van der Waals surface area contributed by atoms with Gasteiger partial charge in [0.15, 0.2) is 0 Å². The summed E-state index contributed by atoms with van der Waals surface area (Å²) >= 11 is 1.37. The number of nitrogens with zero attached hydrogens (tertiary/aromatic N) is 5. The van der Waals surface area contributed by atoms with E-state index in [0.717, 1.165) is 26.2 Å². The molecule has 1 aromatic heterocycles. The van der Waals surface area contributed by atoms with E-state index in [1.807, 2.05) is 4.90 Å². The third-order valence-corrected chi connectivity index (χ3v) is 3.37.